The molecule has 0 aliphatic carbocycles. The van der Waals surface area contributed by atoms with Gasteiger partial charge in [-0.2, -0.15) is 0 Å². The number of carbonyl (C=O) groups excluding carboxylic acids is 2. The van der Waals surface area contributed by atoms with Gasteiger partial charge in [0.05, 0.1) is 34.4 Å². The first-order chi connectivity index (χ1) is 42.6. The first kappa shape index (κ1) is 83.7. The Bertz CT molecular complexity index is 1660. The van der Waals surface area contributed by atoms with Crippen LogP contribution in [0.15, 0.2) is 72.9 Å². The van der Waals surface area contributed by atoms with Crippen LogP contribution < -0.4 is 0 Å². The summed E-state index contributed by atoms with van der Waals surface area (Å²) in [4.78, 5) is 37.7. The van der Waals surface area contributed by atoms with Crippen molar-refractivity contribution in [1.82, 2.24) is 0 Å². The maximum absolute atomic E-state index is 13.0. The first-order valence-electron chi connectivity index (χ1n) is 37.1. The van der Waals surface area contributed by atoms with E-state index < -0.39 is 18.4 Å². The van der Waals surface area contributed by atoms with E-state index in [-0.39, 0.29) is 38.2 Å². The number of unbranched alkanes of at least 4 members (excludes halogenated alkanes) is 42. The van der Waals surface area contributed by atoms with Crippen LogP contribution in [-0.2, 0) is 33.3 Å². The molecule has 2 atom stereocenters. The lowest BCUT2D eigenvalue weighted by Crippen LogP contribution is -2.40. The quantitative estimate of drug-likeness (QED) is 0.0211. The van der Waals surface area contributed by atoms with Gasteiger partial charge in [0.1, 0.15) is 13.2 Å². The maximum Gasteiger partial charge on any atom is 0.361 e. The molecular weight excluding hydrogens is 1080 g/mol. The zero-order valence-electron chi connectivity index (χ0n) is 57.9. The fourth-order valence-electron chi connectivity index (χ4n) is 10.8. The first-order valence-corrected chi connectivity index (χ1v) is 37.1. The lowest BCUT2D eigenvalue weighted by Gasteiger charge is -2.25. The highest BCUT2D eigenvalue weighted by Gasteiger charge is 2.25. The second kappa shape index (κ2) is 68.6. The third kappa shape index (κ3) is 70.1. The van der Waals surface area contributed by atoms with E-state index in [2.05, 4.69) is 86.8 Å². The molecule has 0 aliphatic rings. The van der Waals surface area contributed by atoms with Gasteiger partial charge in [0.25, 0.3) is 6.29 Å². The number of hydrogen-bond acceptors (Lipinski definition) is 7. The van der Waals surface area contributed by atoms with Gasteiger partial charge in [-0.15, -0.1) is 0 Å². The predicted octanol–water partition coefficient (Wildman–Crippen LogP) is 23.3. The van der Waals surface area contributed by atoms with Crippen LogP contribution in [0.5, 0.6) is 0 Å². The van der Waals surface area contributed by atoms with Gasteiger partial charge < -0.3 is 28.5 Å². The van der Waals surface area contributed by atoms with E-state index in [1.165, 1.54) is 250 Å². The SMILES string of the molecule is CC/C=C\C/C=C\C/C=C\C/C=C\C/C=C\CCCCCCCCCCCCCCCCCCCCCCCC(=O)OC(COC(=O)CCCCCCCCCCCCCCC/C=C\CCCCCCCCCC)COC(OCC[N+](C)(C)C)C(=O)O. The van der Waals surface area contributed by atoms with Crippen molar-refractivity contribution in [2.45, 2.75) is 360 Å². The van der Waals surface area contributed by atoms with Crippen molar-refractivity contribution in [2.24, 2.45) is 0 Å². The fraction of sp³-hybridized carbons (Fsp3) is 0.808. The number of allylic oxidation sites excluding steroid dienone is 12. The summed E-state index contributed by atoms with van der Waals surface area (Å²) in [7, 11) is 5.99. The fourth-order valence-corrected chi connectivity index (χ4v) is 10.8. The Labute approximate surface area is 538 Å². The average Bonchev–Trinajstić information content (AvgIpc) is 3.57. The molecule has 9 heteroatoms. The summed E-state index contributed by atoms with van der Waals surface area (Å²) in [6, 6.07) is 0. The van der Waals surface area contributed by atoms with Crippen molar-refractivity contribution in [3.8, 4) is 0 Å². The standard InChI is InChI=1S/C78H141NO8/c1-6-8-10-12-14-16-18-20-22-24-26-28-30-32-33-34-35-36-37-38-39-40-41-42-43-45-47-49-51-53-55-57-59-61-63-65-67-69-76(81)87-74(73-86-78(77(82)83)84-71-70-79(3,4)5)72-85-75(80)68-66-64-62-60-58-56-54-52-50-48-46-44-31-29-27-25-23-21-19-17-15-13-11-9-7-2/h8,10,14,16,20,22,25-28,32-33,74,78H,6-7,9,11-13,15,17-19,21,23-24,29-31,34-73H2,1-5H3/p+1/b10-8-,16-14-,22-20-,27-25-,28-26-,33-32-. The van der Waals surface area contributed by atoms with Crippen molar-refractivity contribution >= 4 is 17.9 Å². The molecule has 0 aromatic rings. The zero-order chi connectivity index (χ0) is 63.3. The van der Waals surface area contributed by atoms with E-state index in [0.29, 0.717) is 17.4 Å². The highest BCUT2D eigenvalue weighted by molar-refractivity contribution is 5.71. The minimum atomic E-state index is -1.51. The van der Waals surface area contributed by atoms with Gasteiger partial charge in [-0.25, -0.2) is 4.79 Å². The van der Waals surface area contributed by atoms with Crippen LogP contribution in [-0.4, -0.2) is 87.4 Å². The van der Waals surface area contributed by atoms with Crippen LogP contribution in [0.3, 0.4) is 0 Å². The number of carboxylic acid groups (broad SMARTS) is 1. The van der Waals surface area contributed by atoms with Gasteiger partial charge in [-0.3, -0.25) is 9.59 Å². The van der Waals surface area contributed by atoms with E-state index >= 15 is 0 Å². The Morgan fingerprint density at radius 3 is 0.989 bits per heavy atom. The maximum atomic E-state index is 13.0. The van der Waals surface area contributed by atoms with E-state index in [1.54, 1.807) is 0 Å². The highest BCUT2D eigenvalue weighted by atomic mass is 16.7. The van der Waals surface area contributed by atoms with Gasteiger partial charge in [0.15, 0.2) is 6.10 Å². The van der Waals surface area contributed by atoms with Crippen molar-refractivity contribution in [3.63, 3.8) is 0 Å². The van der Waals surface area contributed by atoms with Crippen LogP contribution in [0.2, 0.25) is 0 Å². The largest absolute Gasteiger partial charge is 0.477 e. The smallest absolute Gasteiger partial charge is 0.361 e. The number of esters is 2. The molecule has 2 unspecified atom stereocenters. The second-order valence-electron chi connectivity index (χ2n) is 26.2. The Morgan fingerprint density at radius 2 is 0.655 bits per heavy atom. The number of quaternary nitrogens is 1. The van der Waals surface area contributed by atoms with Crippen molar-refractivity contribution in [1.29, 1.82) is 0 Å². The number of hydrogen-bond donors (Lipinski definition) is 1. The normalized spacial score (nSPS) is 13.1. The Hall–Kier alpha value is -3.27. The molecule has 0 spiro atoms. The number of likely N-dealkylation sites (N-methyl/N-ethyl adjacent to an activating group) is 1. The van der Waals surface area contributed by atoms with Gasteiger partial charge in [-0.05, 0) is 83.5 Å². The molecule has 9 nitrogen and oxygen atoms in total. The summed E-state index contributed by atoms with van der Waals surface area (Å²) < 4.78 is 23.0. The van der Waals surface area contributed by atoms with Gasteiger partial charge >= 0.3 is 17.9 Å². The Kier molecular flexibility index (Phi) is 66.1. The van der Waals surface area contributed by atoms with Gasteiger partial charge in [0.2, 0.25) is 0 Å². The zero-order valence-corrected chi connectivity index (χ0v) is 57.9. The topological polar surface area (TPSA) is 108 Å². The molecule has 0 saturated heterocycles. The van der Waals surface area contributed by atoms with Crippen LogP contribution in [0.4, 0.5) is 0 Å². The molecule has 0 bridgehead atoms. The van der Waals surface area contributed by atoms with Gasteiger partial charge in [0, 0.05) is 12.8 Å². The second-order valence-corrected chi connectivity index (χ2v) is 26.2. The van der Waals surface area contributed by atoms with Crippen molar-refractivity contribution < 1.29 is 42.9 Å². The minimum absolute atomic E-state index is 0.179. The van der Waals surface area contributed by atoms with Crippen molar-refractivity contribution in [2.75, 3.05) is 47.5 Å². The average molecular weight is 1220 g/mol. The summed E-state index contributed by atoms with van der Waals surface area (Å²) in [6.07, 6.45) is 88.9. The number of carbonyl (C=O) groups is 3. The van der Waals surface area contributed by atoms with Crippen molar-refractivity contribution in [3.05, 3.63) is 72.9 Å². The van der Waals surface area contributed by atoms with E-state index in [9.17, 15) is 19.5 Å². The summed E-state index contributed by atoms with van der Waals surface area (Å²) >= 11 is 0. The summed E-state index contributed by atoms with van der Waals surface area (Å²) in [5.41, 5.74) is 0. The molecule has 0 saturated carbocycles. The Balaban J connectivity index is 4.02. The van der Waals surface area contributed by atoms with E-state index in [1.807, 2.05) is 21.1 Å². The number of carboxylic acids is 1. The monoisotopic (exact) mass is 1220 g/mol. The third-order valence-corrected chi connectivity index (χ3v) is 16.4. The molecular formula is C78H142NO8+. The summed E-state index contributed by atoms with van der Waals surface area (Å²) in [5, 5.41) is 9.76. The number of aliphatic carboxylic acids is 1. The predicted molar refractivity (Wildman–Crippen MR) is 373 cm³/mol. The molecule has 0 aliphatic heterocycles. The number of rotatable bonds is 69. The molecule has 506 valence electrons. The Morgan fingerprint density at radius 1 is 0.356 bits per heavy atom. The molecule has 0 radical (unpaired) electrons. The molecule has 0 aromatic carbocycles. The van der Waals surface area contributed by atoms with Crippen LogP contribution in [0.25, 0.3) is 0 Å². The summed E-state index contributed by atoms with van der Waals surface area (Å²) in [5.74, 6) is -1.98. The molecule has 0 rings (SSSR count). The van der Waals surface area contributed by atoms with Crippen LogP contribution in [0, 0.1) is 0 Å². The lowest BCUT2D eigenvalue weighted by molar-refractivity contribution is -0.870. The lowest BCUT2D eigenvalue weighted by atomic mass is 10.0. The number of nitrogens with zero attached hydrogens (tertiary/aromatic N) is 1. The van der Waals surface area contributed by atoms with Crippen LogP contribution >= 0.6 is 0 Å². The third-order valence-electron chi connectivity index (χ3n) is 16.4. The summed E-state index contributed by atoms with van der Waals surface area (Å²) in [6.45, 7) is 4.82. The van der Waals surface area contributed by atoms with Crippen LogP contribution in [0.1, 0.15) is 348 Å². The molecule has 87 heavy (non-hydrogen) atoms. The molecule has 0 aromatic heterocycles. The highest BCUT2D eigenvalue weighted by Crippen LogP contribution is 2.19. The molecule has 1 N–H and O–H groups in total. The van der Waals surface area contributed by atoms with E-state index in [0.717, 1.165) is 70.6 Å². The minimum Gasteiger partial charge on any atom is -0.477 e. The molecule has 0 fully saturated rings. The molecule has 0 heterocycles. The van der Waals surface area contributed by atoms with Gasteiger partial charge in [-0.1, -0.05) is 324 Å². The molecule has 0 amide bonds. The van der Waals surface area contributed by atoms with E-state index in [4.69, 9.17) is 18.9 Å². The number of ether oxygens (including phenoxy) is 4.